The molecule has 236 valence electrons. The highest BCUT2D eigenvalue weighted by Gasteiger charge is 2.20. The summed E-state index contributed by atoms with van der Waals surface area (Å²) in [7, 11) is 0. The molecule has 7 heteroatoms. The molecule has 12 aromatic rings. The number of para-hydroxylation sites is 1. The third kappa shape index (κ3) is 3.95. The molecule has 5 nitrogen and oxygen atoms in total. The molecule has 0 aliphatic heterocycles. The molecule has 0 unspecified atom stereocenters. The number of pyridine rings is 2. The van der Waals surface area contributed by atoms with Crippen LogP contribution in [-0.4, -0.2) is 24.3 Å². The summed E-state index contributed by atoms with van der Waals surface area (Å²) in [6.07, 6.45) is 1.68. The molecule has 12 rings (SSSR count). The first-order chi connectivity index (χ1) is 25.2. The van der Waals surface area contributed by atoms with Gasteiger partial charge in [0.15, 0.2) is 5.65 Å². The van der Waals surface area contributed by atoms with E-state index in [2.05, 4.69) is 132 Å². The van der Waals surface area contributed by atoms with Crippen LogP contribution >= 0.6 is 22.7 Å². The van der Waals surface area contributed by atoms with Gasteiger partial charge in [0.05, 0.1) is 42.9 Å². The lowest BCUT2D eigenvalue weighted by Crippen LogP contribution is -1.93. The summed E-state index contributed by atoms with van der Waals surface area (Å²) in [5.74, 6) is 0. The fourth-order valence-electron chi connectivity index (χ4n) is 7.79. The van der Waals surface area contributed by atoms with Gasteiger partial charge in [0.25, 0.3) is 0 Å². The predicted octanol–water partition coefficient (Wildman–Crippen LogP) is 12.2. The third-order valence-corrected chi connectivity index (χ3v) is 12.5. The van der Waals surface area contributed by atoms with Crippen LogP contribution in [0.25, 0.3) is 112 Å². The van der Waals surface area contributed by atoms with Gasteiger partial charge in [-0.1, -0.05) is 91.0 Å². The molecule has 0 amide bonds. The Morgan fingerprint density at radius 1 is 0.490 bits per heavy atom. The maximum absolute atomic E-state index is 5.34. The number of thiophene rings is 2. The van der Waals surface area contributed by atoms with E-state index >= 15 is 0 Å². The minimum absolute atomic E-state index is 0.925. The Hall–Kier alpha value is -6.28. The number of imidazole rings is 1. The van der Waals surface area contributed by atoms with E-state index in [1.165, 1.54) is 41.7 Å². The van der Waals surface area contributed by atoms with Gasteiger partial charge >= 0.3 is 0 Å². The number of nitrogens with zero attached hydrogens (tertiary/aromatic N) is 5. The first-order valence-electron chi connectivity index (χ1n) is 16.9. The fourth-order valence-corrected chi connectivity index (χ4v) is 10.1. The van der Waals surface area contributed by atoms with Crippen LogP contribution in [0.2, 0.25) is 0 Å². The average molecular weight is 686 g/mol. The molecule has 6 heterocycles. The van der Waals surface area contributed by atoms with E-state index in [1.54, 1.807) is 17.7 Å². The van der Waals surface area contributed by atoms with E-state index in [0.717, 1.165) is 70.5 Å². The van der Waals surface area contributed by atoms with Gasteiger partial charge in [-0.15, -0.1) is 22.7 Å². The quantitative estimate of drug-likeness (QED) is 0.182. The Morgan fingerprint density at radius 2 is 1.18 bits per heavy atom. The standard InChI is InChI=1S/C44H23N5S2/c1-4-10-29-21-38-31(17-26(29)7-1)32-22-36(49-37-20-28-9-3-2-8-27(28)19-35(37)47-43(49)41(32)50-38)24-13-15-25(16-14-24)39-42-40(46-23-45-39)33-18-30-11-5-6-12-34(30)48-44(33)51-42/h1-23H. The summed E-state index contributed by atoms with van der Waals surface area (Å²) < 4.78 is 5.89. The maximum atomic E-state index is 5.34. The molecule has 0 radical (unpaired) electrons. The molecule has 0 bridgehead atoms. The van der Waals surface area contributed by atoms with Crippen LogP contribution < -0.4 is 0 Å². The Morgan fingerprint density at radius 3 is 2.00 bits per heavy atom. The summed E-state index contributed by atoms with van der Waals surface area (Å²) >= 11 is 3.49. The van der Waals surface area contributed by atoms with Gasteiger partial charge in [-0.25, -0.2) is 19.9 Å². The van der Waals surface area contributed by atoms with E-state index in [4.69, 9.17) is 19.9 Å². The van der Waals surface area contributed by atoms with E-state index in [1.807, 2.05) is 17.4 Å². The van der Waals surface area contributed by atoms with Crippen LogP contribution in [0.15, 0.2) is 140 Å². The highest BCUT2D eigenvalue weighted by atomic mass is 32.1. The molecule has 0 fully saturated rings. The highest BCUT2D eigenvalue weighted by molar-refractivity contribution is 7.26. The Bertz CT molecular complexity index is 3430. The third-order valence-electron chi connectivity index (χ3n) is 10.2. The lowest BCUT2D eigenvalue weighted by Gasteiger charge is -2.10. The van der Waals surface area contributed by atoms with Crippen LogP contribution in [0.1, 0.15) is 0 Å². The van der Waals surface area contributed by atoms with Crippen molar-refractivity contribution in [3.63, 3.8) is 0 Å². The lowest BCUT2D eigenvalue weighted by atomic mass is 10.0. The minimum Gasteiger partial charge on any atom is -0.291 e. The number of hydrogen-bond donors (Lipinski definition) is 0. The van der Waals surface area contributed by atoms with Crippen molar-refractivity contribution >= 4 is 112 Å². The molecule has 0 N–H and O–H groups in total. The molecule has 0 atom stereocenters. The van der Waals surface area contributed by atoms with Crippen molar-refractivity contribution in [2.45, 2.75) is 0 Å². The van der Waals surface area contributed by atoms with Crippen molar-refractivity contribution in [3.05, 3.63) is 140 Å². The van der Waals surface area contributed by atoms with Crippen LogP contribution in [0.4, 0.5) is 0 Å². The molecule has 6 aromatic heterocycles. The maximum Gasteiger partial charge on any atom is 0.156 e. The van der Waals surface area contributed by atoms with E-state index in [-0.39, 0.29) is 0 Å². The zero-order valence-corrected chi connectivity index (χ0v) is 28.5. The lowest BCUT2D eigenvalue weighted by molar-refractivity contribution is 1.23. The van der Waals surface area contributed by atoms with Gasteiger partial charge in [0, 0.05) is 31.8 Å². The van der Waals surface area contributed by atoms with Gasteiger partial charge in [0.1, 0.15) is 11.2 Å². The molecule has 6 aromatic carbocycles. The Labute approximate surface area is 297 Å². The zero-order valence-electron chi connectivity index (χ0n) is 26.8. The number of rotatable bonds is 2. The van der Waals surface area contributed by atoms with Gasteiger partial charge < -0.3 is 0 Å². The Kier molecular flexibility index (Phi) is 5.47. The molecular formula is C44H23N5S2. The van der Waals surface area contributed by atoms with Crippen molar-refractivity contribution in [2.75, 3.05) is 0 Å². The number of benzene rings is 6. The molecule has 0 aliphatic rings. The van der Waals surface area contributed by atoms with Gasteiger partial charge in [-0.05, 0) is 69.6 Å². The molecule has 0 aliphatic carbocycles. The van der Waals surface area contributed by atoms with Crippen LogP contribution in [-0.2, 0) is 0 Å². The molecule has 0 saturated heterocycles. The fraction of sp³-hybridized carbons (Fsp3) is 0. The number of aromatic nitrogens is 5. The van der Waals surface area contributed by atoms with Gasteiger partial charge in [0.2, 0.25) is 0 Å². The van der Waals surface area contributed by atoms with E-state index < -0.39 is 0 Å². The van der Waals surface area contributed by atoms with Gasteiger partial charge in [-0.2, -0.15) is 0 Å². The predicted molar refractivity (Wildman–Crippen MR) is 215 cm³/mol. The minimum atomic E-state index is 0.925. The van der Waals surface area contributed by atoms with Crippen molar-refractivity contribution < 1.29 is 0 Å². The average Bonchev–Trinajstić information content (AvgIpc) is 3.85. The van der Waals surface area contributed by atoms with Crippen molar-refractivity contribution in [2.24, 2.45) is 0 Å². The largest absolute Gasteiger partial charge is 0.291 e. The van der Waals surface area contributed by atoms with E-state index in [0.29, 0.717) is 0 Å². The molecule has 0 spiro atoms. The second kappa shape index (κ2) is 10.1. The van der Waals surface area contributed by atoms with E-state index in [9.17, 15) is 0 Å². The second-order valence-corrected chi connectivity index (χ2v) is 15.2. The van der Waals surface area contributed by atoms with Crippen LogP contribution in [0, 0.1) is 0 Å². The summed E-state index contributed by atoms with van der Waals surface area (Å²) in [5.41, 5.74) is 9.24. The summed E-state index contributed by atoms with van der Waals surface area (Å²) in [4.78, 5) is 20.8. The summed E-state index contributed by atoms with van der Waals surface area (Å²) in [6, 6.07) is 48.0. The monoisotopic (exact) mass is 685 g/mol. The Balaban J connectivity index is 1.10. The first-order valence-corrected chi connectivity index (χ1v) is 18.5. The molecule has 51 heavy (non-hydrogen) atoms. The van der Waals surface area contributed by atoms with Crippen LogP contribution in [0.3, 0.4) is 0 Å². The summed E-state index contributed by atoms with van der Waals surface area (Å²) in [5, 5.41) is 9.58. The zero-order chi connectivity index (χ0) is 33.2. The number of hydrogen-bond acceptors (Lipinski definition) is 6. The second-order valence-electron chi connectivity index (χ2n) is 13.1. The van der Waals surface area contributed by atoms with Crippen LogP contribution in [0.5, 0.6) is 0 Å². The van der Waals surface area contributed by atoms with Crippen molar-refractivity contribution in [1.82, 2.24) is 24.3 Å². The molecular weight excluding hydrogens is 663 g/mol. The highest BCUT2D eigenvalue weighted by Crippen LogP contribution is 2.43. The van der Waals surface area contributed by atoms with Gasteiger partial charge in [-0.3, -0.25) is 4.40 Å². The first kappa shape index (κ1) is 27.5. The van der Waals surface area contributed by atoms with Crippen molar-refractivity contribution in [3.8, 4) is 22.5 Å². The summed E-state index contributed by atoms with van der Waals surface area (Å²) in [6.45, 7) is 0. The smallest absolute Gasteiger partial charge is 0.156 e. The molecule has 0 saturated carbocycles. The normalized spacial score (nSPS) is 12.3. The number of fused-ring (bicyclic) bond motifs is 13. The topological polar surface area (TPSA) is 56.0 Å². The SMILES string of the molecule is c1ccc2cc3c(cc2c1)nc1c2sc4cc5ccccc5cc4c2cc(-c2ccc(-c4ncnc5c4sc4nc6ccccc6cc45)cc2)n31. The van der Waals surface area contributed by atoms with Crippen molar-refractivity contribution in [1.29, 1.82) is 0 Å².